The molecule has 3 unspecified atom stereocenters. The van der Waals surface area contributed by atoms with E-state index in [1.807, 2.05) is 20.1 Å². The minimum Gasteiger partial charge on any atom is -0.372 e. The van der Waals surface area contributed by atoms with E-state index >= 15 is 0 Å². The minimum absolute atomic E-state index is 0.118. The number of carbonyl (C=O) groups is 1. The van der Waals surface area contributed by atoms with Gasteiger partial charge in [0.25, 0.3) is 0 Å². The van der Waals surface area contributed by atoms with Crippen LogP contribution in [0.25, 0.3) is 0 Å². The molecule has 1 heterocycles. The molecule has 0 bridgehead atoms. The van der Waals surface area contributed by atoms with E-state index in [-0.39, 0.29) is 18.1 Å². The Bertz CT molecular complexity index is 719. The number of halogens is 1. The van der Waals surface area contributed by atoms with E-state index in [2.05, 4.69) is 4.72 Å². The van der Waals surface area contributed by atoms with Gasteiger partial charge in [-0.1, -0.05) is 12.1 Å². The highest BCUT2D eigenvalue weighted by atomic mass is 32.2. The fourth-order valence-corrected chi connectivity index (χ4v) is 4.73. The van der Waals surface area contributed by atoms with Gasteiger partial charge in [0.05, 0.1) is 12.2 Å². The van der Waals surface area contributed by atoms with Crippen LogP contribution in [0.15, 0.2) is 29.2 Å². The number of sulfonamides is 1. The summed E-state index contributed by atoms with van der Waals surface area (Å²) in [4.78, 5) is 14.1. The van der Waals surface area contributed by atoms with Gasteiger partial charge in [0.1, 0.15) is 16.8 Å². The third kappa shape index (κ3) is 5.42. The molecule has 1 amide bonds. The van der Waals surface area contributed by atoms with E-state index in [1.165, 1.54) is 30.0 Å². The van der Waals surface area contributed by atoms with Crippen molar-refractivity contribution in [3.05, 3.63) is 30.1 Å². The van der Waals surface area contributed by atoms with Crippen molar-refractivity contribution < 1.29 is 22.3 Å². The number of amides is 1. The van der Waals surface area contributed by atoms with Crippen molar-refractivity contribution in [2.75, 3.05) is 25.1 Å². The molecule has 3 atom stereocenters. The number of nitrogens with zero attached hydrogens (tertiary/aromatic N) is 1. The summed E-state index contributed by atoms with van der Waals surface area (Å²) in [7, 11) is -4.14. The molecular weight excluding hydrogens is 379 g/mol. The molecule has 1 fully saturated rings. The molecule has 2 rings (SSSR count). The smallest absolute Gasteiger partial charge is 0.244 e. The van der Waals surface area contributed by atoms with Gasteiger partial charge in [-0.05, 0) is 44.4 Å². The molecule has 1 saturated heterocycles. The first-order valence-electron chi connectivity index (χ1n) is 8.44. The Labute approximate surface area is 158 Å². The highest BCUT2D eigenvalue weighted by Gasteiger charge is 2.33. The molecule has 9 heteroatoms. The normalized spacial score (nSPS) is 22.2. The summed E-state index contributed by atoms with van der Waals surface area (Å²) in [5.41, 5.74) is 0. The lowest BCUT2D eigenvalue weighted by Gasteiger charge is -2.37. The molecule has 0 radical (unpaired) electrons. The van der Waals surface area contributed by atoms with Gasteiger partial charge in [0.15, 0.2) is 0 Å². The number of thioether (sulfide) groups is 1. The van der Waals surface area contributed by atoms with E-state index in [0.29, 0.717) is 25.3 Å². The number of carbonyl (C=O) groups excluding carboxylic acids is 1. The van der Waals surface area contributed by atoms with Gasteiger partial charge in [-0.15, -0.1) is 0 Å². The van der Waals surface area contributed by atoms with Crippen LogP contribution in [0.1, 0.15) is 20.3 Å². The summed E-state index contributed by atoms with van der Waals surface area (Å²) in [5.74, 6) is -0.545. The lowest BCUT2D eigenvalue weighted by molar-refractivity contribution is -0.145. The zero-order chi connectivity index (χ0) is 19.3. The zero-order valence-corrected chi connectivity index (χ0v) is 16.8. The topological polar surface area (TPSA) is 75.7 Å². The Morgan fingerprint density at radius 1 is 1.35 bits per heavy atom. The number of morpholine rings is 1. The van der Waals surface area contributed by atoms with Crippen LogP contribution in [-0.4, -0.2) is 62.6 Å². The van der Waals surface area contributed by atoms with Gasteiger partial charge in [-0.2, -0.15) is 16.5 Å². The summed E-state index contributed by atoms with van der Waals surface area (Å²) < 4.78 is 47.1. The number of ether oxygens (including phenoxy) is 1. The standard InChI is InChI=1S/C17H25FN2O4S2/c1-12-10-20(11-13(2)24-12)17(21)15(8-9-25-3)19-26(22,23)16-7-5-4-6-14(16)18/h4-7,12-13,15,19H,8-11H2,1-3H3. The Hall–Kier alpha value is -1.16. The number of hydrogen-bond acceptors (Lipinski definition) is 5. The van der Waals surface area contributed by atoms with Crippen molar-refractivity contribution in [3.63, 3.8) is 0 Å². The van der Waals surface area contributed by atoms with Crippen LogP contribution in [0, 0.1) is 5.82 Å². The summed E-state index contributed by atoms with van der Waals surface area (Å²) >= 11 is 1.52. The monoisotopic (exact) mass is 404 g/mol. The van der Waals surface area contributed by atoms with Crippen LogP contribution in [-0.2, 0) is 19.6 Å². The van der Waals surface area contributed by atoms with Gasteiger partial charge >= 0.3 is 0 Å². The van der Waals surface area contributed by atoms with Crippen LogP contribution in [0.2, 0.25) is 0 Å². The molecule has 0 saturated carbocycles. The average molecular weight is 405 g/mol. The third-order valence-electron chi connectivity index (χ3n) is 4.06. The molecule has 6 nitrogen and oxygen atoms in total. The van der Waals surface area contributed by atoms with Crippen LogP contribution >= 0.6 is 11.8 Å². The van der Waals surface area contributed by atoms with Gasteiger partial charge in [-0.25, -0.2) is 12.8 Å². The van der Waals surface area contributed by atoms with E-state index in [1.54, 1.807) is 4.90 Å². The van der Waals surface area contributed by atoms with E-state index in [0.717, 1.165) is 6.07 Å². The third-order valence-corrected chi connectivity index (χ3v) is 6.21. The number of benzene rings is 1. The molecule has 1 aliphatic rings. The highest BCUT2D eigenvalue weighted by molar-refractivity contribution is 7.98. The van der Waals surface area contributed by atoms with E-state index in [9.17, 15) is 17.6 Å². The minimum atomic E-state index is -4.14. The fraction of sp³-hybridized carbons (Fsp3) is 0.588. The molecular formula is C17H25FN2O4S2. The van der Waals surface area contributed by atoms with Gasteiger partial charge in [0, 0.05) is 13.1 Å². The Balaban J connectivity index is 2.21. The van der Waals surface area contributed by atoms with Crippen LogP contribution in [0.3, 0.4) is 0 Å². The summed E-state index contributed by atoms with van der Waals surface area (Å²) in [6.45, 7) is 4.55. The second kappa shape index (κ2) is 9.16. The van der Waals surface area contributed by atoms with Crippen molar-refractivity contribution in [3.8, 4) is 0 Å². The predicted molar refractivity (Wildman–Crippen MR) is 100 cm³/mol. The first-order valence-corrected chi connectivity index (χ1v) is 11.3. The van der Waals surface area contributed by atoms with Gasteiger partial charge < -0.3 is 9.64 Å². The number of hydrogen-bond donors (Lipinski definition) is 1. The lowest BCUT2D eigenvalue weighted by atomic mass is 10.1. The summed E-state index contributed by atoms with van der Waals surface area (Å²) in [5, 5.41) is 0. The molecule has 1 aromatic carbocycles. The maximum Gasteiger partial charge on any atom is 0.244 e. The summed E-state index contributed by atoms with van der Waals surface area (Å²) in [6, 6.07) is 4.19. The maximum atomic E-state index is 13.9. The molecule has 146 valence electrons. The van der Waals surface area contributed by atoms with Crippen molar-refractivity contribution >= 4 is 27.7 Å². The van der Waals surface area contributed by atoms with Gasteiger partial charge in [0.2, 0.25) is 15.9 Å². The highest BCUT2D eigenvalue weighted by Crippen LogP contribution is 2.17. The van der Waals surface area contributed by atoms with E-state index < -0.39 is 26.8 Å². The zero-order valence-electron chi connectivity index (χ0n) is 15.1. The predicted octanol–water partition coefficient (Wildman–Crippen LogP) is 1.86. The van der Waals surface area contributed by atoms with Crippen molar-refractivity contribution in [2.45, 2.75) is 43.4 Å². The largest absolute Gasteiger partial charge is 0.372 e. The SMILES string of the molecule is CSCCC(NS(=O)(=O)c1ccccc1F)C(=O)N1CC(C)OC(C)C1. The second-order valence-corrected chi connectivity index (χ2v) is 9.05. The Kier molecular flexibility index (Phi) is 7.45. The first kappa shape index (κ1) is 21.1. The van der Waals surface area contributed by atoms with Gasteiger partial charge in [-0.3, -0.25) is 4.79 Å². The molecule has 1 aliphatic heterocycles. The quantitative estimate of drug-likeness (QED) is 0.751. The molecule has 1 aromatic rings. The Morgan fingerprint density at radius 3 is 2.54 bits per heavy atom. The van der Waals surface area contributed by atoms with E-state index in [4.69, 9.17) is 4.74 Å². The second-order valence-electron chi connectivity index (χ2n) is 6.39. The lowest BCUT2D eigenvalue weighted by Crippen LogP contribution is -2.55. The average Bonchev–Trinajstić information content (AvgIpc) is 2.57. The summed E-state index contributed by atoms with van der Waals surface area (Å²) in [6.07, 6.45) is 1.97. The fourth-order valence-electron chi connectivity index (χ4n) is 2.96. The van der Waals surface area contributed by atoms with Crippen LogP contribution in [0.5, 0.6) is 0 Å². The van der Waals surface area contributed by atoms with Crippen LogP contribution < -0.4 is 4.72 Å². The molecule has 26 heavy (non-hydrogen) atoms. The maximum absolute atomic E-state index is 13.9. The molecule has 0 aromatic heterocycles. The van der Waals surface area contributed by atoms with Crippen molar-refractivity contribution in [1.29, 1.82) is 0 Å². The Morgan fingerprint density at radius 2 is 1.96 bits per heavy atom. The molecule has 0 aliphatic carbocycles. The molecule has 1 N–H and O–H groups in total. The number of nitrogens with one attached hydrogen (secondary N) is 1. The molecule has 0 spiro atoms. The van der Waals surface area contributed by atoms with Crippen molar-refractivity contribution in [2.24, 2.45) is 0 Å². The number of rotatable bonds is 7. The first-order chi connectivity index (χ1) is 12.2. The van der Waals surface area contributed by atoms with Crippen LogP contribution in [0.4, 0.5) is 4.39 Å². The van der Waals surface area contributed by atoms with Crippen molar-refractivity contribution in [1.82, 2.24) is 9.62 Å².